The number of fused-ring (bicyclic) bond motifs is 1. The molecule has 0 atom stereocenters. The molecule has 142 valence electrons. The van der Waals surface area contributed by atoms with Crippen LogP contribution in [-0.2, 0) is 0 Å². The van der Waals surface area contributed by atoms with Crippen molar-refractivity contribution >= 4 is 32.6 Å². The Morgan fingerprint density at radius 1 is 1.22 bits per heavy atom. The number of nitrogens with zero attached hydrogens (tertiary/aromatic N) is 2. The average molecular weight is 387 g/mol. The quantitative estimate of drug-likeness (QED) is 0.706. The summed E-state index contributed by atoms with van der Waals surface area (Å²) in [6, 6.07) is 10.0. The molecule has 0 spiro atoms. The van der Waals surface area contributed by atoms with Gasteiger partial charge in [-0.15, -0.1) is 0 Å². The Hall–Kier alpha value is -2.31. The second-order valence-corrected chi connectivity index (χ2v) is 8.18. The molecular weight excluding hydrogens is 361 g/mol. The maximum atomic E-state index is 13.6. The summed E-state index contributed by atoms with van der Waals surface area (Å²) >= 11 is 1.52. The van der Waals surface area contributed by atoms with E-state index in [2.05, 4.69) is 27.1 Å². The summed E-state index contributed by atoms with van der Waals surface area (Å²) in [5.41, 5.74) is 3.56. The first-order valence-corrected chi connectivity index (χ1v) is 9.91. The molecule has 0 fully saturated rings. The Morgan fingerprint density at radius 3 is 2.70 bits per heavy atom. The third-order valence-corrected chi connectivity index (χ3v) is 5.64. The van der Waals surface area contributed by atoms with Gasteiger partial charge in [-0.25, -0.2) is 9.37 Å². The Morgan fingerprint density at radius 2 is 2.00 bits per heavy atom. The molecule has 0 aliphatic rings. The van der Waals surface area contributed by atoms with Crippen molar-refractivity contribution in [3.05, 3.63) is 58.9 Å². The summed E-state index contributed by atoms with van der Waals surface area (Å²) < 4.78 is 14.7. The minimum absolute atomic E-state index is 0.211. The van der Waals surface area contributed by atoms with Gasteiger partial charge < -0.3 is 4.90 Å². The predicted molar refractivity (Wildman–Crippen MR) is 109 cm³/mol. The van der Waals surface area contributed by atoms with E-state index in [-0.39, 0.29) is 5.91 Å². The van der Waals surface area contributed by atoms with Gasteiger partial charge in [0.15, 0.2) is 5.13 Å². The lowest BCUT2D eigenvalue weighted by atomic mass is 10.1. The molecule has 6 heteroatoms. The van der Waals surface area contributed by atoms with Crippen molar-refractivity contribution in [2.45, 2.75) is 20.3 Å². The molecule has 3 aromatic rings. The zero-order chi connectivity index (χ0) is 19.6. The van der Waals surface area contributed by atoms with Crippen LogP contribution in [0, 0.1) is 19.7 Å². The largest absolute Gasteiger partial charge is 0.340 e. The van der Waals surface area contributed by atoms with E-state index in [0.717, 1.165) is 34.3 Å². The first-order chi connectivity index (χ1) is 12.8. The summed E-state index contributed by atoms with van der Waals surface area (Å²) in [6.07, 6.45) is 0.845. The van der Waals surface area contributed by atoms with Crippen molar-refractivity contribution in [2.75, 3.05) is 32.1 Å². The van der Waals surface area contributed by atoms with Crippen LogP contribution in [0.15, 0.2) is 36.4 Å². The molecule has 3 rings (SSSR count). The smallest absolute Gasteiger partial charge is 0.260 e. The van der Waals surface area contributed by atoms with Gasteiger partial charge in [0.1, 0.15) is 5.82 Å². The number of thiazole rings is 1. The zero-order valence-electron chi connectivity index (χ0n) is 16.2. The molecule has 0 aliphatic heterocycles. The summed E-state index contributed by atoms with van der Waals surface area (Å²) in [6.45, 7) is 5.60. The lowest BCUT2D eigenvalue weighted by Crippen LogP contribution is -3.05. The number of aryl methyl sites for hydroxylation is 2. The molecule has 1 aromatic heterocycles. The number of carbonyl (C=O) groups is 1. The van der Waals surface area contributed by atoms with Crippen LogP contribution >= 0.6 is 11.3 Å². The van der Waals surface area contributed by atoms with E-state index in [1.54, 1.807) is 17.0 Å². The third-order valence-electron chi connectivity index (χ3n) is 4.41. The monoisotopic (exact) mass is 386 g/mol. The second-order valence-electron chi connectivity index (χ2n) is 7.20. The fourth-order valence-corrected chi connectivity index (χ4v) is 4.17. The van der Waals surface area contributed by atoms with Crippen molar-refractivity contribution in [1.29, 1.82) is 0 Å². The molecule has 1 amide bonds. The van der Waals surface area contributed by atoms with E-state index in [0.29, 0.717) is 17.2 Å². The minimum atomic E-state index is -0.408. The summed E-state index contributed by atoms with van der Waals surface area (Å²) in [5, 5.41) is 0.668. The van der Waals surface area contributed by atoms with Crippen LogP contribution in [0.5, 0.6) is 0 Å². The van der Waals surface area contributed by atoms with Crippen LogP contribution in [-0.4, -0.2) is 38.1 Å². The Balaban J connectivity index is 1.98. The lowest BCUT2D eigenvalue weighted by Gasteiger charge is -2.20. The van der Waals surface area contributed by atoms with Gasteiger partial charge in [0.25, 0.3) is 5.91 Å². The lowest BCUT2D eigenvalue weighted by molar-refractivity contribution is -0.858. The fourth-order valence-electron chi connectivity index (χ4n) is 3.13. The maximum Gasteiger partial charge on any atom is 0.260 e. The molecule has 1 heterocycles. The van der Waals surface area contributed by atoms with Crippen molar-refractivity contribution < 1.29 is 14.1 Å². The van der Waals surface area contributed by atoms with Gasteiger partial charge in [0.05, 0.1) is 30.9 Å². The van der Waals surface area contributed by atoms with Crippen molar-refractivity contribution in [2.24, 2.45) is 0 Å². The fraction of sp³-hybridized carbons (Fsp3) is 0.333. The van der Waals surface area contributed by atoms with E-state index in [9.17, 15) is 9.18 Å². The number of quaternary nitrogens is 1. The maximum absolute atomic E-state index is 13.6. The van der Waals surface area contributed by atoms with Crippen LogP contribution < -0.4 is 9.80 Å². The summed E-state index contributed by atoms with van der Waals surface area (Å²) in [4.78, 5) is 20.9. The van der Waals surface area contributed by atoms with E-state index in [4.69, 9.17) is 4.98 Å². The van der Waals surface area contributed by atoms with Gasteiger partial charge in [-0.05, 0) is 49.2 Å². The highest BCUT2D eigenvalue weighted by Crippen LogP contribution is 2.32. The zero-order valence-corrected chi connectivity index (χ0v) is 17.0. The molecule has 4 nitrogen and oxygen atoms in total. The van der Waals surface area contributed by atoms with Crippen molar-refractivity contribution in [3.8, 4) is 0 Å². The number of anilines is 1. The van der Waals surface area contributed by atoms with Gasteiger partial charge in [0, 0.05) is 18.5 Å². The number of amides is 1. The third kappa shape index (κ3) is 4.51. The van der Waals surface area contributed by atoms with Crippen LogP contribution in [0.25, 0.3) is 10.2 Å². The van der Waals surface area contributed by atoms with Gasteiger partial charge in [-0.2, -0.15) is 0 Å². The molecule has 0 bridgehead atoms. The molecule has 0 saturated carbocycles. The number of nitrogens with one attached hydrogen (secondary N) is 1. The topological polar surface area (TPSA) is 37.6 Å². The SMILES string of the molecule is Cc1cc(C)c2sc(N(CCC[NH+](C)C)C(=O)c3cccc(F)c3)nc2c1. The average Bonchev–Trinajstić information content (AvgIpc) is 3.02. The Labute approximate surface area is 163 Å². The van der Waals surface area contributed by atoms with Gasteiger partial charge in [0.2, 0.25) is 0 Å². The van der Waals surface area contributed by atoms with Crippen LogP contribution in [0.1, 0.15) is 27.9 Å². The number of halogens is 1. The highest BCUT2D eigenvalue weighted by molar-refractivity contribution is 7.22. The number of hydrogen-bond acceptors (Lipinski definition) is 3. The molecule has 0 unspecified atom stereocenters. The Bertz CT molecular complexity index is 967. The predicted octanol–water partition coefficient (Wildman–Crippen LogP) is 3.23. The normalized spacial score (nSPS) is 11.3. The molecule has 0 radical (unpaired) electrons. The molecule has 2 aromatic carbocycles. The first-order valence-electron chi connectivity index (χ1n) is 9.09. The van der Waals surface area contributed by atoms with Gasteiger partial charge in [-0.1, -0.05) is 23.5 Å². The molecule has 1 N–H and O–H groups in total. The number of benzene rings is 2. The molecular formula is C21H25FN3OS+. The molecule has 27 heavy (non-hydrogen) atoms. The highest BCUT2D eigenvalue weighted by atomic mass is 32.1. The standard InChI is InChI=1S/C21H24FN3OS/c1-14-11-15(2)19-18(12-14)23-21(27-19)25(10-6-9-24(3)4)20(26)16-7-5-8-17(22)13-16/h5,7-8,11-13H,6,9-10H2,1-4H3/p+1. The van der Waals surface area contributed by atoms with Crippen molar-refractivity contribution in [1.82, 2.24) is 4.98 Å². The van der Waals surface area contributed by atoms with Crippen LogP contribution in [0.4, 0.5) is 9.52 Å². The van der Waals surface area contributed by atoms with Gasteiger partial charge in [-0.3, -0.25) is 9.69 Å². The van der Waals surface area contributed by atoms with Crippen LogP contribution in [0.3, 0.4) is 0 Å². The summed E-state index contributed by atoms with van der Waals surface area (Å²) in [5.74, 6) is -0.619. The van der Waals surface area contributed by atoms with Gasteiger partial charge >= 0.3 is 0 Å². The first kappa shape index (κ1) is 19.5. The second kappa shape index (κ2) is 8.15. The summed E-state index contributed by atoms with van der Waals surface area (Å²) in [7, 11) is 4.17. The number of carbonyl (C=O) groups excluding carboxylic acids is 1. The minimum Gasteiger partial charge on any atom is -0.340 e. The van der Waals surface area contributed by atoms with Crippen LogP contribution in [0.2, 0.25) is 0 Å². The van der Waals surface area contributed by atoms with Crippen molar-refractivity contribution in [3.63, 3.8) is 0 Å². The number of hydrogen-bond donors (Lipinski definition) is 1. The van der Waals surface area contributed by atoms with E-state index >= 15 is 0 Å². The number of rotatable bonds is 6. The Kier molecular flexibility index (Phi) is 5.87. The number of aromatic nitrogens is 1. The molecule has 0 aliphatic carbocycles. The highest BCUT2D eigenvalue weighted by Gasteiger charge is 2.22. The van der Waals surface area contributed by atoms with E-state index in [1.807, 2.05) is 13.0 Å². The molecule has 0 saturated heterocycles. The van der Waals surface area contributed by atoms with E-state index < -0.39 is 5.82 Å². The van der Waals surface area contributed by atoms with E-state index in [1.165, 1.54) is 28.4 Å².